The molecule has 35 heavy (non-hydrogen) atoms. The van der Waals surface area contributed by atoms with Crippen LogP contribution >= 0.6 is 0 Å². The zero-order valence-electron chi connectivity index (χ0n) is 21.0. The van der Waals surface area contributed by atoms with Crippen LogP contribution < -0.4 is 5.32 Å². The first-order valence-corrected chi connectivity index (χ1v) is 11.9. The van der Waals surface area contributed by atoms with Crippen molar-refractivity contribution in [3.63, 3.8) is 0 Å². The summed E-state index contributed by atoms with van der Waals surface area (Å²) in [6.45, 7) is 11.6. The van der Waals surface area contributed by atoms with Crippen LogP contribution in [0, 0.1) is 5.82 Å². The van der Waals surface area contributed by atoms with Crippen molar-refractivity contribution in [2.24, 2.45) is 0 Å². The number of carbonyl (C=O) groups excluding carboxylic acids is 2. The van der Waals surface area contributed by atoms with Gasteiger partial charge in [-0.05, 0) is 46.2 Å². The number of urea groups is 1. The number of aromatic nitrogens is 3. The minimum absolute atomic E-state index is 0.0343. The van der Waals surface area contributed by atoms with Crippen molar-refractivity contribution in [1.82, 2.24) is 29.9 Å². The average Bonchev–Trinajstić information content (AvgIpc) is 3.33. The highest BCUT2D eigenvalue weighted by Gasteiger charge is 2.46. The summed E-state index contributed by atoms with van der Waals surface area (Å²) in [7, 11) is 1.71. The molecule has 10 nitrogen and oxygen atoms in total. The predicted octanol–water partition coefficient (Wildman–Crippen LogP) is 2.80. The molecule has 1 fully saturated rings. The molecule has 0 spiro atoms. The van der Waals surface area contributed by atoms with Gasteiger partial charge in [-0.3, -0.25) is 14.8 Å². The second kappa shape index (κ2) is 9.90. The summed E-state index contributed by atoms with van der Waals surface area (Å²) in [4.78, 5) is 36.3. The van der Waals surface area contributed by atoms with E-state index in [1.807, 2.05) is 23.6 Å². The normalized spacial score (nSPS) is 21.8. The Bertz CT molecular complexity index is 1070. The molecule has 0 unspecified atom stereocenters. The number of nitrogens with zero attached hydrogens (tertiary/aromatic N) is 5. The molecule has 0 bridgehead atoms. The summed E-state index contributed by atoms with van der Waals surface area (Å²) < 4.78 is 18.3. The Morgan fingerprint density at radius 3 is 2.71 bits per heavy atom. The number of methoxy groups -OCH3 is 1. The molecule has 2 aromatic heterocycles. The van der Waals surface area contributed by atoms with Gasteiger partial charge in [0.25, 0.3) is 5.91 Å². The van der Waals surface area contributed by atoms with Crippen LogP contribution in [0.2, 0.25) is 0 Å². The summed E-state index contributed by atoms with van der Waals surface area (Å²) in [6.07, 6.45) is 1.96. The van der Waals surface area contributed by atoms with E-state index in [0.717, 1.165) is 43.6 Å². The summed E-state index contributed by atoms with van der Waals surface area (Å²) in [5.41, 5.74) is 0.999. The van der Waals surface area contributed by atoms with Crippen LogP contribution in [0.4, 0.5) is 15.0 Å². The molecule has 2 N–H and O–H groups in total. The number of rotatable bonds is 6. The zero-order chi connectivity index (χ0) is 25.3. The Labute approximate surface area is 204 Å². The minimum atomic E-state index is -0.630. The number of piperazine rings is 1. The van der Waals surface area contributed by atoms with Gasteiger partial charge >= 0.3 is 6.03 Å². The number of ether oxygens (including phenoxy) is 1. The van der Waals surface area contributed by atoms with Crippen molar-refractivity contribution in [2.75, 3.05) is 38.7 Å². The number of aromatic amines is 1. The van der Waals surface area contributed by atoms with Crippen LogP contribution in [0.3, 0.4) is 0 Å². The number of amides is 3. The molecule has 3 amide bonds. The number of hydrogen-bond acceptors (Lipinski definition) is 6. The third kappa shape index (κ3) is 4.87. The Morgan fingerprint density at radius 2 is 2.03 bits per heavy atom. The Kier molecular flexibility index (Phi) is 7.09. The van der Waals surface area contributed by atoms with E-state index in [-0.39, 0.29) is 23.8 Å². The highest BCUT2D eigenvalue weighted by molar-refractivity contribution is 6.02. The maximum atomic E-state index is 13.7. The van der Waals surface area contributed by atoms with Crippen molar-refractivity contribution in [1.29, 1.82) is 0 Å². The van der Waals surface area contributed by atoms with E-state index in [9.17, 15) is 14.0 Å². The Hall–Kier alpha value is -3.05. The van der Waals surface area contributed by atoms with Gasteiger partial charge < -0.3 is 19.9 Å². The topological polar surface area (TPSA) is 107 Å². The molecule has 1 saturated heterocycles. The number of hydrogen-bond donors (Lipinski definition) is 2. The van der Waals surface area contributed by atoms with Crippen LogP contribution in [-0.2, 0) is 16.8 Å². The van der Waals surface area contributed by atoms with Gasteiger partial charge in [0, 0.05) is 51.0 Å². The molecule has 190 valence electrons. The second-order valence-electron chi connectivity index (χ2n) is 9.86. The van der Waals surface area contributed by atoms with Crippen LogP contribution in [0.25, 0.3) is 0 Å². The molecule has 2 aromatic rings. The number of H-pyrrole nitrogens is 1. The van der Waals surface area contributed by atoms with Gasteiger partial charge in [-0.15, -0.1) is 0 Å². The Morgan fingerprint density at radius 1 is 1.26 bits per heavy atom. The number of nitrogens with one attached hydrogen (secondary N) is 2. The monoisotopic (exact) mass is 487 g/mol. The van der Waals surface area contributed by atoms with Gasteiger partial charge in [-0.25, -0.2) is 14.2 Å². The molecule has 0 radical (unpaired) electrons. The van der Waals surface area contributed by atoms with E-state index in [2.05, 4.69) is 39.2 Å². The average molecular weight is 488 g/mol. The van der Waals surface area contributed by atoms with E-state index < -0.39 is 17.3 Å². The standard InChI is InChI=1S/C24H34FN7O3/c1-15-13-31(16(2)12-30(15)9-6-10-35-5)23(34)32-14-18-20(24(32,3)4)28-29-21(18)27-22(33)19-8-7-17(25)11-26-19/h7-8,11,15-16H,6,9-10,12-14H2,1-5H3,(H2,27,28,29,33)/t15-,16+/m1/s1. The maximum Gasteiger partial charge on any atom is 0.321 e. The molecule has 2 aliphatic rings. The molecular formula is C24H34FN7O3. The smallest absolute Gasteiger partial charge is 0.321 e. The van der Waals surface area contributed by atoms with Crippen molar-refractivity contribution in [2.45, 2.75) is 58.3 Å². The highest BCUT2D eigenvalue weighted by Crippen LogP contribution is 2.41. The SMILES string of the molecule is COCCCN1C[C@H](C)N(C(=O)N2Cc3c(NC(=O)c4ccc(F)cn4)n[nH]c3C2(C)C)C[C@H]1C. The molecule has 4 heterocycles. The van der Waals surface area contributed by atoms with Crippen LogP contribution in [0.5, 0.6) is 0 Å². The van der Waals surface area contributed by atoms with Gasteiger partial charge in [-0.1, -0.05) is 0 Å². The van der Waals surface area contributed by atoms with E-state index in [1.54, 1.807) is 7.11 Å². The highest BCUT2D eigenvalue weighted by atomic mass is 19.1. The molecule has 0 saturated carbocycles. The third-order valence-electron chi connectivity index (χ3n) is 7.05. The van der Waals surface area contributed by atoms with Crippen LogP contribution in [0.1, 0.15) is 55.9 Å². The van der Waals surface area contributed by atoms with Crippen molar-refractivity contribution < 1.29 is 18.7 Å². The number of fused-ring (bicyclic) bond motifs is 1. The lowest BCUT2D eigenvalue weighted by Crippen LogP contribution is -2.61. The molecule has 2 atom stereocenters. The zero-order valence-corrected chi connectivity index (χ0v) is 21.0. The minimum Gasteiger partial charge on any atom is -0.385 e. The molecule has 2 aliphatic heterocycles. The summed E-state index contributed by atoms with van der Waals surface area (Å²) >= 11 is 0. The second-order valence-corrected chi connectivity index (χ2v) is 9.86. The third-order valence-corrected chi connectivity index (χ3v) is 7.05. The van der Waals surface area contributed by atoms with Crippen LogP contribution in [-0.4, -0.2) is 87.3 Å². The molecule has 0 aromatic carbocycles. The van der Waals surface area contributed by atoms with Crippen molar-refractivity contribution in [3.8, 4) is 0 Å². The fraction of sp³-hybridized carbons (Fsp3) is 0.583. The number of halogens is 1. The molecule has 11 heteroatoms. The van der Waals surface area contributed by atoms with E-state index >= 15 is 0 Å². The number of anilines is 1. The van der Waals surface area contributed by atoms with Gasteiger partial charge in [0.15, 0.2) is 5.82 Å². The lowest BCUT2D eigenvalue weighted by molar-refractivity contribution is 0.0315. The molecule has 4 rings (SSSR count). The van der Waals surface area contributed by atoms with E-state index in [0.29, 0.717) is 18.9 Å². The largest absolute Gasteiger partial charge is 0.385 e. The van der Waals surface area contributed by atoms with E-state index in [4.69, 9.17) is 4.74 Å². The molecule has 0 aliphatic carbocycles. The first-order valence-electron chi connectivity index (χ1n) is 11.9. The maximum absolute atomic E-state index is 13.7. The van der Waals surface area contributed by atoms with Gasteiger partial charge in [0.1, 0.15) is 11.5 Å². The van der Waals surface area contributed by atoms with Crippen molar-refractivity contribution in [3.05, 3.63) is 41.1 Å². The quantitative estimate of drug-likeness (QED) is 0.607. The number of pyridine rings is 1. The van der Waals surface area contributed by atoms with Gasteiger partial charge in [0.2, 0.25) is 0 Å². The number of carbonyl (C=O) groups is 2. The van der Waals surface area contributed by atoms with Crippen LogP contribution in [0.15, 0.2) is 18.3 Å². The lowest BCUT2D eigenvalue weighted by atomic mass is 10.0. The van der Waals surface area contributed by atoms with E-state index in [1.165, 1.54) is 12.1 Å². The summed E-state index contributed by atoms with van der Waals surface area (Å²) in [5.74, 6) is -0.657. The predicted molar refractivity (Wildman–Crippen MR) is 128 cm³/mol. The summed E-state index contributed by atoms with van der Waals surface area (Å²) in [6, 6.07) is 2.77. The molecular weight excluding hydrogens is 453 g/mol. The van der Waals surface area contributed by atoms with Gasteiger partial charge in [0.05, 0.1) is 24.0 Å². The van der Waals surface area contributed by atoms with Crippen molar-refractivity contribution >= 4 is 17.8 Å². The summed E-state index contributed by atoms with van der Waals surface area (Å²) in [5, 5.41) is 10.0. The fourth-order valence-electron chi connectivity index (χ4n) is 4.95. The Balaban J connectivity index is 1.46. The first kappa shape index (κ1) is 25.1. The lowest BCUT2D eigenvalue weighted by Gasteiger charge is -2.46. The van der Waals surface area contributed by atoms with Gasteiger partial charge in [-0.2, -0.15) is 5.10 Å². The fourth-order valence-corrected chi connectivity index (χ4v) is 4.95. The first-order chi connectivity index (χ1) is 16.6.